The van der Waals surface area contributed by atoms with Crippen LogP contribution in [0, 0.1) is 11.3 Å². The molecule has 8 nitrogen and oxygen atoms in total. The third-order valence-corrected chi connectivity index (χ3v) is 6.12. The van der Waals surface area contributed by atoms with Gasteiger partial charge >= 0.3 is 0 Å². The predicted octanol–water partition coefficient (Wildman–Crippen LogP) is 1.75. The number of aromatic nitrogens is 1. The minimum Gasteiger partial charge on any atom is -0.360 e. The van der Waals surface area contributed by atoms with Crippen LogP contribution in [0.5, 0.6) is 0 Å². The van der Waals surface area contributed by atoms with E-state index in [-0.39, 0.29) is 35.8 Å². The molecule has 1 saturated heterocycles. The SMILES string of the molecule is CC(=O)C(=N)c1cccnc1NCC(=O)N1CCC[C@H]1C(=O)NCC1CC1(Cl)Cl. The van der Waals surface area contributed by atoms with Crippen LogP contribution in [-0.2, 0) is 14.4 Å². The van der Waals surface area contributed by atoms with E-state index in [4.69, 9.17) is 28.6 Å². The van der Waals surface area contributed by atoms with Gasteiger partial charge in [0.15, 0.2) is 5.78 Å². The van der Waals surface area contributed by atoms with Crippen molar-refractivity contribution in [2.45, 2.75) is 36.6 Å². The van der Waals surface area contributed by atoms with Crippen molar-refractivity contribution in [3.8, 4) is 0 Å². The first-order valence-corrected chi connectivity index (χ1v) is 10.2. The van der Waals surface area contributed by atoms with Crippen LogP contribution < -0.4 is 10.6 Å². The molecule has 0 bridgehead atoms. The van der Waals surface area contributed by atoms with Gasteiger partial charge in [-0.1, -0.05) is 0 Å². The number of hydrogen-bond donors (Lipinski definition) is 3. The number of likely N-dealkylation sites (tertiary alicyclic amines) is 1. The van der Waals surface area contributed by atoms with E-state index in [9.17, 15) is 14.4 Å². The second kappa shape index (κ2) is 8.67. The topological polar surface area (TPSA) is 115 Å². The molecule has 1 aliphatic heterocycles. The summed E-state index contributed by atoms with van der Waals surface area (Å²) in [6.45, 7) is 2.11. The van der Waals surface area contributed by atoms with Crippen LogP contribution in [0.1, 0.15) is 31.7 Å². The molecule has 3 N–H and O–H groups in total. The number of hydrogen-bond acceptors (Lipinski definition) is 6. The van der Waals surface area contributed by atoms with E-state index in [1.807, 2.05) is 0 Å². The number of carbonyl (C=O) groups excluding carboxylic acids is 3. The van der Waals surface area contributed by atoms with Crippen molar-refractivity contribution >= 4 is 52.3 Å². The van der Waals surface area contributed by atoms with Gasteiger partial charge in [0, 0.05) is 37.7 Å². The Balaban J connectivity index is 1.57. The highest BCUT2D eigenvalue weighted by Gasteiger charge is 2.51. The Morgan fingerprint density at radius 2 is 2.10 bits per heavy atom. The lowest BCUT2D eigenvalue weighted by Crippen LogP contribution is -2.48. The van der Waals surface area contributed by atoms with Crippen LogP contribution in [0.4, 0.5) is 5.82 Å². The Hall–Kier alpha value is -2.19. The van der Waals surface area contributed by atoms with Crippen molar-refractivity contribution < 1.29 is 14.4 Å². The molecule has 2 heterocycles. The molecule has 0 spiro atoms. The van der Waals surface area contributed by atoms with Crippen LogP contribution in [0.15, 0.2) is 18.3 Å². The minimum absolute atomic E-state index is 0.0428. The van der Waals surface area contributed by atoms with Gasteiger partial charge in [0.05, 0.1) is 6.54 Å². The van der Waals surface area contributed by atoms with Gasteiger partial charge in [-0.3, -0.25) is 19.8 Å². The quantitative estimate of drug-likeness (QED) is 0.421. The molecule has 3 rings (SSSR count). The van der Waals surface area contributed by atoms with E-state index in [0.29, 0.717) is 31.5 Å². The van der Waals surface area contributed by atoms with E-state index in [1.165, 1.54) is 13.1 Å². The normalized spacial score (nSPS) is 22.1. The average molecular weight is 440 g/mol. The van der Waals surface area contributed by atoms with E-state index in [0.717, 1.165) is 6.42 Å². The molecule has 29 heavy (non-hydrogen) atoms. The van der Waals surface area contributed by atoms with Gasteiger partial charge in [-0.25, -0.2) is 4.98 Å². The summed E-state index contributed by atoms with van der Waals surface area (Å²) < 4.78 is -0.754. The van der Waals surface area contributed by atoms with Gasteiger partial charge in [-0.05, 0) is 31.4 Å². The smallest absolute Gasteiger partial charge is 0.242 e. The number of pyridine rings is 1. The maximum atomic E-state index is 12.7. The lowest BCUT2D eigenvalue weighted by molar-refractivity contribution is -0.137. The van der Waals surface area contributed by atoms with E-state index >= 15 is 0 Å². The van der Waals surface area contributed by atoms with E-state index in [2.05, 4.69) is 15.6 Å². The molecule has 2 aliphatic rings. The van der Waals surface area contributed by atoms with Crippen molar-refractivity contribution in [3.63, 3.8) is 0 Å². The van der Waals surface area contributed by atoms with Crippen LogP contribution in [0.25, 0.3) is 0 Å². The summed E-state index contributed by atoms with van der Waals surface area (Å²) >= 11 is 12.0. The molecule has 0 aromatic carbocycles. The van der Waals surface area contributed by atoms with E-state index < -0.39 is 16.2 Å². The van der Waals surface area contributed by atoms with Crippen molar-refractivity contribution in [2.24, 2.45) is 5.92 Å². The molecule has 10 heteroatoms. The number of Topliss-reactive ketones (excluding diaryl/α,β-unsaturated/α-hetero) is 1. The summed E-state index contributed by atoms with van der Waals surface area (Å²) in [7, 11) is 0. The fourth-order valence-electron chi connectivity index (χ4n) is 3.37. The Kier molecular flexibility index (Phi) is 6.43. The second-order valence-electron chi connectivity index (χ2n) is 7.34. The van der Waals surface area contributed by atoms with Crippen LogP contribution in [-0.4, -0.2) is 63.2 Å². The first-order chi connectivity index (χ1) is 13.7. The van der Waals surface area contributed by atoms with Crippen LogP contribution in [0.2, 0.25) is 0 Å². The number of nitrogens with zero attached hydrogens (tertiary/aromatic N) is 2. The zero-order valence-corrected chi connectivity index (χ0v) is 17.5. The maximum absolute atomic E-state index is 12.7. The van der Waals surface area contributed by atoms with Gasteiger partial charge in [0.25, 0.3) is 0 Å². The molecule has 1 aliphatic carbocycles. The average Bonchev–Trinajstić information content (AvgIpc) is 3.07. The monoisotopic (exact) mass is 439 g/mol. The van der Waals surface area contributed by atoms with Crippen molar-refractivity contribution in [3.05, 3.63) is 23.9 Å². The number of nitrogens with one attached hydrogen (secondary N) is 3. The Morgan fingerprint density at radius 3 is 2.76 bits per heavy atom. The second-order valence-corrected chi connectivity index (χ2v) is 8.88. The lowest BCUT2D eigenvalue weighted by atomic mass is 10.1. The number of alkyl halides is 2. The molecule has 2 atom stereocenters. The third kappa shape index (κ3) is 5.05. The first kappa shape index (κ1) is 21.5. The highest BCUT2D eigenvalue weighted by atomic mass is 35.5. The van der Waals surface area contributed by atoms with Crippen LogP contribution in [0.3, 0.4) is 0 Å². The number of rotatable bonds is 8. The molecular weight excluding hydrogens is 417 g/mol. The highest BCUT2D eigenvalue weighted by Crippen LogP contribution is 2.52. The number of ketones is 1. The van der Waals surface area contributed by atoms with Crippen molar-refractivity contribution in [2.75, 3.05) is 25.0 Å². The Morgan fingerprint density at radius 1 is 1.38 bits per heavy atom. The lowest BCUT2D eigenvalue weighted by Gasteiger charge is -2.24. The fourth-order valence-corrected chi connectivity index (χ4v) is 3.90. The van der Waals surface area contributed by atoms with Crippen molar-refractivity contribution in [1.29, 1.82) is 5.41 Å². The molecule has 1 saturated carbocycles. The predicted molar refractivity (Wildman–Crippen MR) is 111 cm³/mol. The highest BCUT2D eigenvalue weighted by molar-refractivity contribution is 6.50. The van der Waals surface area contributed by atoms with Crippen LogP contribution >= 0.6 is 23.2 Å². The number of anilines is 1. The van der Waals surface area contributed by atoms with E-state index in [1.54, 1.807) is 17.0 Å². The zero-order valence-electron chi connectivity index (χ0n) is 16.0. The summed E-state index contributed by atoms with van der Waals surface area (Å²) in [6, 6.07) is 2.69. The summed E-state index contributed by atoms with van der Waals surface area (Å²) in [6.07, 6.45) is 3.50. The summed E-state index contributed by atoms with van der Waals surface area (Å²) in [5, 5.41) is 13.6. The van der Waals surface area contributed by atoms with Gasteiger partial charge in [-0.15, -0.1) is 23.2 Å². The molecule has 156 valence electrons. The molecule has 0 radical (unpaired) electrons. The van der Waals surface area contributed by atoms with Gasteiger partial charge in [0.1, 0.15) is 21.9 Å². The number of amides is 2. The molecule has 2 fully saturated rings. The molecule has 1 unspecified atom stereocenters. The maximum Gasteiger partial charge on any atom is 0.242 e. The first-order valence-electron chi connectivity index (χ1n) is 9.44. The van der Waals surface area contributed by atoms with Gasteiger partial charge < -0.3 is 15.5 Å². The fraction of sp³-hybridized carbons (Fsp3) is 0.526. The van der Waals surface area contributed by atoms with Gasteiger partial charge in [0.2, 0.25) is 11.8 Å². The summed E-state index contributed by atoms with van der Waals surface area (Å²) in [5.74, 6) is -0.512. The zero-order chi connectivity index (χ0) is 21.2. The minimum atomic E-state index is -0.754. The molecule has 1 aromatic rings. The summed E-state index contributed by atoms with van der Waals surface area (Å²) in [4.78, 5) is 42.4. The molecule has 1 aromatic heterocycles. The molecule has 2 amide bonds. The summed E-state index contributed by atoms with van der Waals surface area (Å²) in [5.41, 5.74) is 0.153. The number of carbonyl (C=O) groups is 3. The molecular formula is C19H23Cl2N5O3. The third-order valence-electron chi connectivity index (χ3n) is 5.19. The van der Waals surface area contributed by atoms with Gasteiger partial charge in [-0.2, -0.15) is 0 Å². The number of halogens is 2. The Bertz CT molecular complexity index is 845. The van der Waals surface area contributed by atoms with Crippen molar-refractivity contribution in [1.82, 2.24) is 15.2 Å². The standard InChI is InChI=1S/C19H23Cl2N5O3/c1-11(27)16(22)13-4-2-6-23-17(13)24-10-15(28)26-7-3-5-14(26)18(29)25-9-12-8-19(12,20)21/h2,4,6,12,14,22H,3,5,7-10H2,1H3,(H,23,24)(H,25,29)/t12?,14-/m0/s1. The Labute approximate surface area is 178 Å². The largest absolute Gasteiger partial charge is 0.360 e.